The van der Waals surface area contributed by atoms with Crippen LogP contribution in [0.3, 0.4) is 0 Å². The summed E-state index contributed by atoms with van der Waals surface area (Å²) in [7, 11) is -9.78. The minimum absolute atomic E-state index is 0.295. The van der Waals surface area contributed by atoms with E-state index in [2.05, 4.69) is 152 Å². The molecule has 0 N–H and O–H groups in total. The molecule has 3 aromatic rings. The Labute approximate surface area is 240 Å². The molecule has 3 aromatic carbocycles. The van der Waals surface area contributed by atoms with Gasteiger partial charge in [0, 0.05) is 11.1 Å². The van der Waals surface area contributed by atoms with Crippen molar-refractivity contribution in [3.8, 4) is 0 Å². The summed E-state index contributed by atoms with van der Waals surface area (Å²) < 4.78 is 22.2. The fraction of sp³-hybridized carbons (Fsp3) is 0.375. The minimum Gasteiger partial charge on any atom is -0.488 e. The lowest BCUT2D eigenvalue weighted by Crippen LogP contribution is -2.80. The van der Waals surface area contributed by atoms with Crippen molar-refractivity contribution in [2.24, 2.45) is 0 Å². The molecule has 0 aliphatic carbocycles. The maximum atomic E-state index is 7.50. The van der Waals surface area contributed by atoms with Gasteiger partial charge in [-0.2, -0.15) is 0 Å². The van der Waals surface area contributed by atoms with Crippen LogP contribution < -0.4 is 0 Å². The van der Waals surface area contributed by atoms with Crippen molar-refractivity contribution < 1.29 is 13.0 Å². The molecule has 208 valence electrons. The summed E-state index contributed by atoms with van der Waals surface area (Å²) >= 11 is 0. The summed E-state index contributed by atoms with van der Waals surface area (Å²) in [6, 6.07) is 28.3. The largest absolute Gasteiger partial charge is 0.627 e. The highest BCUT2D eigenvalue weighted by atomic mass is 28.5. The average molecular weight is 591 g/mol. The second kappa shape index (κ2) is 10.3. The zero-order valence-electron chi connectivity index (χ0n) is 25.7. The summed E-state index contributed by atoms with van der Waals surface area (Å²) in [5, 5.41) is 0. The Hall–Kier alpha value is -2.17. The molecule has 0 radical (unpaired) electrons. The van der Waals surface area contributed by atoms with Crippen LogP contribution in [0, 0.1) is 13.8 Å². The quantitative estimate of drug-likeness (QED) is 0.245. The molecule has 3 nitrogen and oxygen atoms in total. The maximum Gasteiger partial charge on any atom is 0.627 e. The van der Waals surface area contributed by atoms with E-state index >= 15 is 0 Å². The van der Waals surface area contributed by atoms with E-state index in [-0.39, 0.29) is 4.28 Å². The van der Waals surface area contributed by atoms with Gasteiger partial charge in [0.25, 0.3) is 0 Å². The summed E-state index contributed by atoms with van der Waals surface area (Å²) in [5.74, 6) is 1.64. The summed E-state index contributed by atoms with van der Waals surface area (Å²) in [6.45, 7) is 26.0. The molecular formula is C32H46O3Si4. The van der Waals surface area contributed by atoms with Gasteiger partial charge < -0.3 is 13.0 Å². The minimum atomic E-state index is -3.47. The molecule has 4 rings (SSSR count). The van der Waals surface area contributed by atoms with Crippen molar-refractivity contribution in [2.45, 2.75) is 77.1 Å². The molecular weight excluding hydrogens is 545 g/mol. The van der Waals surface area contributed by atoms with Crippen molar-refractivity contribution in [3.63, 3.8) is 0 Å². The molecule has 0 bridgehead atoms. The van der Waals surface area contributed by atoms with Crippen LogP contribution in [-0.4, -0.2) is 33.3 Å². The van der Waals surface area contributed by atoms with Gasteiger partial charge in [0.1, 0.15) is 0 Å². The molecule has 1 aliphatic rings. The predicted molar refractivity (Wildman–Crippen MR) is 176 cm³/mol. The SMILES string of the molecule is Cc1ccc(C2=C(c3ccc(C)cc3)O[Si](O[Si](C)(C)C)(C(c3ccccc3)([Si](C)(C)C)[Si](C)(C)C)O2)cc1. The second-order valence-corrected chi connectivity index (χ2v) is 33.3. The molecule has 0 saturated carbocycles. The van der Waals surface area contributed by atoms with Crippen molar-refractivity contribution in [3.05, 3.63) is 107 Å². The topological polar surface area (TPSA) is 27.7 Å². The maximum absolute atomic E-state index is 7.50. The second-order valence-electron chi connectivity index (χ2n) is 14.0. The first-order chi connectivity index (χ1) is 18.0. The predicted octanol–water partition coefficient (Wildman–Crippen LogP) is 9.20. The molecule has 0 unspecified atom stereocenters. The van der Waals surface area contributed by atoms with Gasteiger partial charge in [-0.1, -0.05) is 129 Å². The van der Waals surface area contributed by atoms with E-state index in [9.17, 15) is 0 Å². The van der Waals surface area contributed by atoms with Crippen molar-refractivity contribution >= 4 is 44.8 Å². The van der Waals surface area contributed by atoms with Gasteiger partial charge in [-0.25, -0.2) is 0 Å². The summed E-state index contributed by atoms with van der Waals surface area (Å²) in [5.41, 5.74) is 5.84. The van der Waals surface area contributed by atoms with E-state index in [1.807, 2.05) is 0 Å². The molecule has 0 atom stereocenters. The van der Waals surface area contributed by atoms with Gasteiger partial charge in [0.05, 0.1) is 20.4 Å². The van der Waals surface area contributed by atoms with Crippen LogP contribution >= 0.6 is 0 Å². The molecule has 0 spiro atoms. The molecule has 1 heterocycles. The van der Waals surface area contributed by atoms with Gasteiger partial charge in [-0.05, 0) is 39.1 Å². The van der Waals surface area contributed by atoms with Crippen LogP contribution in [0.5, 0.6) is 0 Å². The Bertz CT molecular complexity index is 1260. The average Bonchev–Trinajstić information content (AvgIpc) is 3.17. The highest BCUT2D eigenvalue weighted by Gasteiger charge is 2.78. The van der Waals surface area contributed by atoms with Crippen LogP contribution in [0.2, 0.25) is 58.9 Å². The third-order valence-corrected chi connectivity index (χ3v) is 29.3. The van der Waals surface area contributed by atoms with E-state index < -0.39 is 33.3 Å². The van der Waals surface area contributed by atoms with Crippen LogP contribution in [0.25, 0.3) is 11.5 Å². The van der Waals surface area contributed by atoms with E-state index in [1.165, 1.54) is 16.7 Å². The Morgan fingerprint density at radius 1 is 0.564 bits per heavy atom. The van der Waals surface area contributed by atoms with E-state index in [0.717, 1.165) is 22.6 Å². The monoisotopic (exact) mass is 590 g/mol. The third-order valence-electron chi connectivity index (χ3n) is 7.66. The van der Waals surface area contributed by atoms with Gasteiger partial charge >= 0.3 is 8.80 Å². The highest BCUT2D eigenvalue weighted by Crippen LogP contribution is 2.56. The van der Waals surface area contributed by atoms with Gasteiger partial charge in [-0.3, -0.25) is 0 Å². The number of hydrogen-bond acceptors (Lipinski definition) is 3. The number of rotatable bonds is 8. The lowest BCUT2D eigenvalue weighted by Gasteiger charge is -2.57. The normalized spacial score (nSPS) is 16.2. The lowest BCUT2D eigenvalue weighted by molar-refractivity contribution is 0.241. The van der Waals surface area contributed by atoms with E-state index in [4.69, 9.17) is 13.0 Å². The first kappa shape index (κ1) is 29.8. The number of benzene rings is 3. The molecule has 0 saturated heterocycles. The first-order valence-corrected chi connectivity index (χ1v) is 26.2. The van der Waals surface area contributed by atoms with Crippen LogP contribution in [-0.2, 0) is 17.3 Å². The number of hydrogen-bond donors (Lipinski definition) is 0. The van der Waals surface area contributed by atoms with Crippen molar-refractivity contribution in [1.29, 1.82) is 0 Å². The summed E-state index contributed by atoms with van der Waals surface area (Å²) in [6.07, 6.45) is 0. The fourth-order valence-electron chi connectivity index (χ4n) is 6.62. The first-order valence-electron chi connectivity index (χ1n) is 14.0. The fourth-order valence-corrected chi connectivity index (χ4v) is 32.6. The molecule has 0 aromatic heterocycles. The van der Waals surface area contributed by atoms with E-state index in [1.54, 1.807) is 0 Å². The Balaban J connectivity index is 2.10. The van der Waals surface area contributed by atoms with Crippen LogP contribution in [0.1, 0.15) is 27.8 Å². The molecule has 39 heavy (non-hydrogen) atoms. The Morgan fingerprint density at radius 3 is 1.28 bits per heavy atom. The standard InChI is InChI=1S/C32H46O3Si4/c1-25-17-21-27(22-18-25)30-31(28-23-19-26(2)20-24-28)34-39(33-30,35-38(9,10)11)32(36(3,4)5,37(6,7)8)29-15-13-12-14-16-29/h12-24H,1-11H3. The molecule has 0 fully saturated rings. The molecule has 7 heteroatoms. The van der Waals surface area contributed by atoms with E-state index in [0.29, 0.717) is 0 Å². The molecule has 1 aliphatic heterocycles. The Morgan fingerprint density at radius 2 is 0.949 bits per heavy atom. The smallest absolute Gasteiger partial charge is 0.488 e. The van der Waals surface area contributed by atoms with Crippen molar-refractivity contribution in [1.82, 2.24) is 0 Å². The highest BCUT2D eigenvalue weighted by molar-refractivity contribution is 7.12. The van der Waals surface area contributed by atoms with Gasteiger partial charge in [0.15, 0.2) is 19.8 Å². The number of aryl methyl sites for hydroxylation is 2. The zero-order valence-corrected chi connectivity index (χ0v) is 29.7. The molecule has 0 amide bonds. The lowest BCUT2D eigenvalue weighted by atomic mass is 10.1. The third kappa shape index (κ3) is 5.44. The summed E-state index contributed by atoms with van der Waals surface area (Å²) in [4.78, 5) is 0. The Kier molecular flexibility index (Phi) is 7.90. The zero-order chi connectivity index (χ0) is 28.9. The van der Waals surface area contributed by atoms with Crippen LogP contribution in [0.15, 0.2) is 78.9 Å². The van der Waals surface area contributed by atoms with Crippen LogP contribution in [0.4, 0.5) is 0 Å². The van der Waals surface area contributed by atoms with Gasteiger partial charge in [0.2, 0.25) is 0 Å². The van der Waals surface area contributed by atoms with Crippen molar-refractivity contribution in [2.75, 3.05) is 0 Å². The van der Waals surface area contributed by atoms with Gasteiger partial charge in [-0.15, -0.1) is 0 Å².